The van der Waals surface area contributed by atoms with Gasteiger partial charge in [-0.15, -0.1) is 0 Å². The van der Waals surface area contributed by atoms with Gasteiger partial charge in [0.2, 0.25) is 0 Å². The number of hydrogen-bond donors (Lipinski definition) is 0. The van der Waals surface area contributed by atoms with Gasteiger partial charge in [-0.05, 0) is 13.0 Å². The SMILES string of the molecule is C=C1CC(=O)OCCN(CCCCCCCCCC)CCOC1=O. The molecule has 1 aliphatic heterocycles. The minimum atomic E-state index is -0.499. The highest BCUT2D eigenvalue weighted by atomic mass is 16.5. The van der Waals surface area contributed by atoms with E-state index < -0.39 is 11.9 Å². The van der Waals surface area contributed by atoms with Gasteiger partial charge in [-0.1, -0.05) is 58.4 Å². The zero-order valence-electron chi connectivity index (χ0n) is 15.2. The molecule has 0 unspecified atom stereocenters. The first-order valence-corrected chi connectivity index (χ1v) is 9.36. The van der Waals surface area contributed by atoms with Crippen LogP contribution in [0.15, 0.2) is 12.2 Å². The van der Waals surface area contributed by atoms with Gasteiger partial charge in [-0.2, -0.15) is 0 Å². The Morgan fingerprint density at radius 3 is 2.17 bits per heavy atom. The largest absolute Gasteiger partial charge is 0.464 e. The summed E-state index contributed by atoms with van der Waals surface area (Å²) in [5.74, 6) is -0.910. The predicted octanol–water partition coefficient (Wildman–Crippen LogP) is 3.48. The summed E-state index contributed by atoms with van der Waals surface area (Å²) in [4.78, 5) is 25.4. The van der Waals surface area contributed by atoms with Crippen LogP contribution in [-0.4, -0.2) is 49.7 Å². The molecule has 1 heterocycles. The van der Waals surface area contributed by atoms with Crippen LogP contribution >= 0.6 is 0 Å². The van der Waals surface area contributed by atoms with Crippen molar-refractivity contribution >= 4 is 11.9 Å². The molecular formula is C19H33NO4. The van der Waals surface area contributed by atoms with E-state index in [2.05, 4.69) is 18.4 Å². The number of ether oxygens (including phenoxy) is 2. The van der Waals surface area contributed by atoms with Crippen molar-refractivity contribution in [2.24, 2.45) is 0 Å². The second-order valence-corrected chi connectivity index (χ2v) is 6.45. The Morgan fingerprint density at radius 1 is 0.917 bits per heavy atom. The number of carbonyl (C=O) groups is 2. The molecule has 0 amide bonds. The van der Waals surface area contributed by atoms with E-state index in [1.807, 2.05) is 0 Å². The lowest BCUT2D eigenvalue weighted by atomic mass is 10.1. The second-order valence-electron chi connectivity index (χ2n) is 6.45. The Labute approximate surface area is 146 Å². The lowest BCUT2D eigenvalue weighted by Crippen LogP contribution is -2.32. The van der Waals surface area contributed by atoms with Gasteiger partial charge in [0.1, 0.15) is 13.2 Å². The fourth-order valence-corrected chi connectivity index (χ4v) is 2.76. The van der Waals surface area contributed by atoms with E-state index in [4.69, 9.17) is 9.47 Å². The molecule has 0 radical (unpaired) electrons. The predicted molar refractivity (Wildman–Crippen MR) is 94.7 cm³/mol. The Hall–Kier alpha value is -1.36. The molecule has 1 fully saturated rings. The highest BCUT2D eigenvalue weighted by molar-refractivity contribution is 5.93. The Morgan fingerprint density at radius 2 is 1.50 bits per heavy atom. The van der Waals surface area contributed by atoms with Gasteiger partial charge in [0, 0.05) is 18.7 Å². The van der Waals surface area contributed by atoms with Gasteiger partial charge in [-0.25, -0.2) is 4.79 Å². The van der Waals surface area contributed by atoms with Crippen LogP contribution in [0.4, 0.5) is 0 Å². The lowest BCUT2D eigenvalue weighted by Gasteiger charge is -2.21. The van der Waals surface area contributed by atoms with Crippen molar-refractivity contribution in [1.82, 2.24) is 4.90 Å². The van der Waals surface area contributed by atoms with Crippen molar-refractivity contribution < 1.29 is 19.1 Å². The molecule has 1 saturated heterocycles. The summed E-state index contributed by atoms with van der Waals surface area (Å²) in [5, 5.41) is 0. The van der Waals surface area contributed by atoms with Crippen LogP contribution in [-0.2, 0) is 19.1 Å². The molecule has 0 spiro atoms. The van der Waals surface area contributed by atoms with Crippen LogP contribution in [0.25, 0.3) is 0 Å². The summed E-state index contributed by atoms with van der Waals surface area (Å²) in [7, 11) is 0. The average molecular weight is 339 g/mol. The summed E-state index contributed by atoms with van der Waals surface area (Å²) >= 11 is 0. The van der Waals surface area contributed by atoms with Gasteiger partial charge in [-0.3, -0.25) is 9.69 Å². The third-order valence-electron chi connectivity index (χ3n) is 4.29. The van der Waals surface area contributed by atoms with E-state index in [1.54, 1.807) is 0 Å². The first kappa shape index (κ1) is 20.7. The van der Waals surface area contributed by atoms with E-state index >= 15 is 0 Å². The number of esters is 2. The highest BCUT2D eigenvalue weighted by Crippen LogP contribution is 2.10. The molecule has 24 heavy (non-hydrogen) atoms. The van der Waals surface area contributed by atoms with E-state index in [-0.39, 0.29) is 12.0 Å². The van der Waals surface area contributed by atoms with Crippen molar-refractivity contribution in [3.8, 4) is 0 Å². The number of rotatable bonds is 9. The third kappa shape index (κ3) is 9.71. The van der Waals surface area contributed by atoms with E-state index in [0.29, 0.717) is 26.3 Å². The van der Waals surface area contributed by atoms with Crippen molar-refractivity contribution in [3.63, 3.8) is 0 Å². The lowest BCUT2D eigenvalue weighted by molar-refractivity contribution is -0.145. The molecule has 0 aromatic carbocycles. The fourth-order valence-electron chi connectivity index (χ4n) is 2.76. The Kier molecular flexibility index (Phi) is 11.2. The van der Waals surface area contributed by atoms with Crippen molar-refractivity contribution in [2.45, 2.75) is 64.7 Å². The van der Waals surface area contributed by atoms with Crippen LogP contribution in [0.1, 0.15) is 64.7 Å². The standard InChI is InChI=1S/C19H33NO4/c1-3-4-5-6-7-8-9-10-11-20-12-14-23-18(21)16-17(2)19(22)24-15-13-20/h2-16H2,1H3. The van der Waals surface area contributed by atoms with Crippen LogP contribution < -0.4 is 0 Å². The number of hydrogen-bond acceptors (Lipinski definition) is 5. The number of carbonyl (C=O) groups excluding carboxylic acids is 2. The summed E-state index contributed by atoms with van der Waals surface area (Å²) in [6, 6.07) is 0. The van der Waals surface area contributed by atoms with E-state index in [9.17, 15) is 9.59 Å². The monoisotopic (exact) mass is 339 g/mol. The second kappa shape index (κ2) is 13.0. The third-order valence-corrected chi connectivity index (χ3v) is 4.29. The molecule has 0 N–H and O–H groups in total. The number of unbranched alkanes of at least 4 members (excludes halogenated alkanes) is 7. The van der Waals surface area contributed by atoms with Gasteiger partial charge < -0.3 is 9.47 Å². The van der Waals surface area contributed by atoms with Crippen molar-refractivity contribution in [2.75, 3.05) is 32.8 Å². The maximum Gasteiger partial charge on any atom is 0.334 e. The molecule has 0 saturated carbocycles. The Bertz CT molecular complexity index is 395. The molecule has 0 aromatic heterocycles. The van der Waals surface area contributed by atoms with Crippen molar-refractivity contribution in [3.05, 3.63) is 12.2 Å². The zero-order chi connectivity index (χ0) is 17.6. The molecule has 5 nitrogen and oxygen atoms in total. The van der Waals surface area contributed by atoms with Crippen LogP contribution in [0.5, 0.6) is 0 Å². The number of cyclic esters (lactones) is 2. The van der Waals surface area contributed by atoms with Gasteiger partial charge in [0.05, 0.1) is 6.42 Å². The molecule has 0 atom stereocenters. The first-order valence-electron chi connectivity index (χ1n) is 9.36. The summed E-state index contributed by atoms with van der Waals surface area (Å²) < 4.78 is 10.3. The smallest absolute Gasteiger partial charge is 0.334 e. The van der Waals surface area contributed by atoms with Crippen molar-refractivity contribution in [1.29, 1.82) is 0 Å². The average Bonchev–Trinajstić information content (AvgIpc) is 2.58. The maximum atomic E-state index is 11.7. The zero-order valence-corrected chi connectivity index (χ0v) is 15.2. The molecule has 0 aromatic rings. The number of nitrogens with zero attached hydrogens (tertiary/aromatic N) is 1. The maximum absolute atomic E-state index is 11.7. The minimum Gasteiger partial charge on any atom is -0.464 e. The summed E-state index contributed by atoms with van der Waals surface area (Å²) in [5.41, 5.74) is 0.163. The van der Waals surface area contributed by atoms with Crippen LogP contribution in [0, 0.1) is 0 Å². The van der Waals surface area contributed by atoms with Crippen LogP contribution in [0.2, 0.25) is 0 Å². The molecule has 1 rings (SSSR count). The molecule has 0 bridgehead atoms. The first-order chi connectivity index (χ1) is 11.6. The Balaban J connectivity index is 2.22. The molecule has 5 heteroatoms. The fraction of sp³-hybridized carbons (Fsp3) is 0.789. The normalized spacial score (nSPS) is 18.0. The van der Waals surface area contributed by atoms with Crippen LogP contribution in [0.3, 0.4) is 0 Å². The van der Waals surface area contributed by atoms with E-state index in [0.717, 1.165) is 13.0 Å². The molecular weight excluding hydrogens is 306 g/mol. The van der Waals surface area contributed by atoms with E-state index in [1.165, 1.54) is 44.9 Å². The quantitative estimate of drug-likeness (QED) is 0.366. The molecule has 1 aliphatic rings. The highest BCUT2D eigenvalue weighted by Gasteiger charge is 2.17. The van der Waals surface area contributed by atoms with Gasteiger partial charge >= 0.3 is 11.9 Å². The van der Waals surface area contributed by atoms with Gasteiger partial charge in [0.15, 0.2) is 0 Å². The molecule has 0 aliphatic carbocycles. The van der Waals surface area contributed by atoms with Gasteiger partial charge in [0.25, 0.3) is 0 Å². The summed E-state index contributed by atoms with van der Waals surface area (Å²) in [6.07, 6.45) is 10.2. The summed E-state index contributed by atoms with van der Waals surface area (Å²) in [6.45, 7) is 8.82. The molecule has 138 valence electrons. The topological polar surface area (TPSA) is 55.8 Å². The minimum absolute atomic E-state index is 0.0864.